The quantitative estimate of drug-likeness (QED) is 0.834. The molecule has 0 aromatic heterocycles. The van der Waals surface area contributed by atoms with E-state index < -0.39 is 0 Å². The maximum absolute atomic E-state index is 3.92. The number of hydrogen-bond acceptors (Lipinski definition) is 1. The molecule has 0 bridgehead atoms. The molecule has 20 heavy (non-hydrogen) atoms. The van der Waals surface area contributed by atoms with E-state index in [1.54, 1.807) is 0 Å². The molecule has 3 radical (unpaired) electrons. The van der Waals surface area contributed by atoms with Crippen LogP contribution in [0.3, 0.4) is 0 Å². The van der Waals surface area contributed by atoms with Gasteiger partial charge in [0.1, 0.15) is 0 Å². The zero-order valence-corrected chi connectivity index (χ0v) is 12.9. The van der Waals surface area contributed by atoms with E-state index in [1.165, 1.54) is 48.4 Å². The summed E-state index contributed by atoms with van der Waals surface area (Å²) in [7, 11) is 3.78. The van der Waals surface area contributed by atoms with Crippen LogP contribution in [0.1, 0.15) is 50.1 Å². The van der Waals surface area contributed by atoms with Crippen LogP contribution in [0.5, 0.6) is 0 Å². The molecule has 2 aliphatic carbocycles. The first-order valence-corrected chi connectivity index (χ1v) is 8.27. The van der Waals surface area contributed by atoms with Crippen molar-refractivity contribution in [2.45, 2.75) is 50.6 Å². The van der Waals surface area contributed by atoms with Crippen molar-refractivity contribution in [3.63, 3.8) is 0 Å². The van der Waals surface area contributed by atoms with Crippen molar-refractivity contribution in [2.75, 3.05) is 0 Å². The van der Waals surface area contributed by atoms with Crippen LogP contribution in [0.4, 0.5) is 0 Å². The standard InChI is InChI=1S/C18H22NSi/c20-17-13-7-6-12-16(17)18(14-8-4-5-9-14)19-15-10-2-1-3-11-15/h4-8,12-13,15,18-19H,1-3,9-11H2. The second-order valence-electron chi connectivity index (χ2n) is 5.90. The van der Waals surface area contributed by atoms with Crippen LogP contribution in [-0.4, -0.2) is 16.3 Å². The van der Waals surface area contributed by atoms with Crippen molar-refractivity contribution in [3.8, 4) is 0 Å². The molecule has 1 saturated carbocycles. The van der Waals surface area contributed by atoms with Gasteiger partial charge in [-0.2, -0.15) is 0 Å². The molecular weight excluding hydrogens is 258 g/mol. The summed E-state index contributed by atoms with van der Waals surface area (Å²) in [6.45, 7) is 0. The summed E-state index contributed by atoms with van der Waals surface area (Å²) in [5, 5.41) is 5.12. The first-order chi connectivity index (χ1) is 9.84. The van der Waals surface area contributed by atoms with Gasteiger partial charge in [0.25, 0.3) is 0 Å². The highest BCUT2D eigenvalue weighted by Gasteiger charge is 2.23. The van der Waals surface area contributed by atoms with E-state index in [-0.39, 0.29) is 0 Å². The molecule has 0 spiro atoms. The first kappa shape index (κ1) is 13.8. The van der Waals surface area contributed by atoms with Gasteiger partial charge >= 0.3 is 0 Å². The summed E-state index contributed by atoms with van der Waals surface area (Å²) < 4.78 is 0. The van der Waals surface area contributed by atoms with Gasteiger partial charge in [-0.3, -0.25) is 0 Å². The average molecular weight is 280 g/mol. The maximum atomic E-state index is 3.92. The monoisotopic (exact) mass is 280 g/mol. The van der Waals surface area contributed by atoms with E-state index in [0.29, 0.717) is 12.1 Å². The molecule has 0 amide bonds. The van der Waals surface area contributed by atoms with Crippen LogP contribution >= 0.6 is 0 Å². The Bertz CT molecular complexity index is 512. The summed E-state index contributed by atoms with van der Waals surface area (Å²) in [6.07, 6.45) is 14.6. The largest absolute Gasteiger partial charge is 0.304 e. The molecular formula is C18H22NSi. The van der Waals surface area contributed by atoms with Crippen LogP contribution in [0.2, 0.25) is 0 Å². The van der Waals surface area contributed by atoms with Crippen molar-refractivity contribution in [2.24, 2.45) is 0 Å². The highest BCUT2D eigenvalue weighted by Crippen LogP contribution is 2.29. The fraction of sp³-hybridized carbons (Fsp3) is 0.444. The summed E-state index contributed by atoms with van der Waals surface area (Å²) in [5.41, 5.74) is 2.85. The van der Waals surface area contributed by atoms with Gasteiger partial charge in [-0.15, -0.1) is 0 Å². The van der Waals surface area contributed by atoms with E-state index in [0.717, 1.165) is 6.42 Å². The van der Waals surface area contributed by atoms with Crippen molar-refractivity contribution in [3.05, 3.63) is 53.6 Å². The number of hydrogen-bond donors (Lipinski definition) is 1. The third-order valence-electron chi connectivity index (χ3n) is 4.45. The van der Waals surface area contributed by atoms with E-state index in [1.807, 2.05) is 0 Å². The lowest BCUT2D eigenvalue weighted by atomic mass is 9.91. The molecule has 1 unspecified atom stereocenters. The maximum Gasteiger partial charge on any atom is 0.0716 e. The normalized spacial score (nSPS) is 20.9. The average Bonchev–Trinajstić information content (AvgIpc) is 3.01. The molecule has 1 aromatic rings. The molecule has 2 heteroatoms. The number of nitrogens with one attached hydrogen (secondary N) is 1. The molecule has 0 saturated heterocycles. The predicted molar refractivity (Wildman–Crippen MR) is 86.4 cm³/mol. The molecule has 1 aromatic carbocycles. The van der Waals surface area contributed by atoms with Crippen LogP contribution in [0.25, 0.3) is 0 Å². The van der Waals surface area contributed by atoms with Crippen LogP contribution in [0, 0.1) is 0 Å². The van der Waals surface area contributed by atoms with Crippen LogP contribution in [0.15, 0.2) is 48.1 Å². The molecule has 2 aliphatic rings. The number of allylic oxidation sites excluding steroid dienone is 3. The molecule has 1 N–H and O–H groups in total. The summed E-state index contributed by atoms with van der Waals surface area (Å²) >= 11 is 0. The van der Waals surface area contributed by atoms with E-state index in [9.17, 15) is 0 Å². The molecule has 0 aliphatic heterocycles. The lowest BCUT2D eigenvalue weighted by Gasteiger charge is -2.30. The Labute approximate surface area is 125 Å². The van der Waals surface area contributed by atoms with Gasteiger partial charge in [0.2, 0.25) is 0 Å². The molecule has 1 fully saturated rings. The molecule has 0 heterocycles. The highest BCUT2D eigenvalue weighted by molar-refractivity contribution is 6.33. The van der Waals surface area contributed by atoms with Crippen molar-refractivity contribution in [1.82, 2.24) is 5.32 Å². The van der Waals surface area contributed by atoms with Gasteiger partial charge in [-0.25, -0.2) is 0 Å². The first-order valence-electron chi connectivity index (χ1n) is 7.77. The second-order valence-corrected chi connectivity index (χ2v) is 6.43. The van der Waals surface area contributed by atoms with Gasteiger partial charge in [-0.05, 0) is 30.4 Å². The van der Waals surface area contributed by atoms with E-state index in [2.05, 4.69) is 58.1 Å². The molecule has 103 valence electrons. The van der Waals surface area contributed by atoms with E-state index >= 15 is 0 Å². The second kappa shape index (κ2) is 6.55. The third-order valence-corrected chi connectivity index (χ3v) is 4.91. The third kappa shape index (κ3) is 3.13. The van der Waals surface area contributed by atoms with Gasteiger partial charge in [-0.1, -0.05) is 66.9 Å². The zero-order chi connectivity index (χ0) is 13.8. The SMILES string of the molecule is [Si]c1ccccc1C(NC1CCCCC1)C1=CC=CC1. The Balaban J connectivity index is 1.82. The topological polar surface area (TPSA) is 12.0 Å². The van der Waals surface area contributed by atoms with Crippen LogP contribution in [-0.2, 0) is 0 Å². The fourth-order valence-corrected chi connectivity index (χ4v) is 3.65. The molecule has 3 rings (SSSR count). The molecule has 1 nitrogen and oxygen atoms in total. The van der Waals surface area contributed by atoms with Gasteiger partial charge in [0.15, 0.2) is 0 Å². The minimum absolute atomic E-state index is 0.349. The Hall–Kier alpha value is -1.12. The van der Waals surface area contributed by atoms with Gasteiger partial charge in [0, 0.05) is 6.04 Å². The van der Waals surface area contributed by atoms with Crippen LogP contribution < -0.4 is 10.5 Å². The zero-order valence-electron chi connectivity index (χ0n) is 11.9. The lowest BCUT2D eigenvalue weighted by Crippen LogP contribution is -2.37. The summed E-state index contributed by atoms with van der Waals surface area (Å²) in [4.78, 5) is 0. The summed E-state index contributed by atoms with van der Waals surface area (Å²) in [5.74, 6) is 0. The van der Waals surface area contributed by atoms with Crippen molar-refractivity contribution < 1.29 is 0 Å². The Morgan fingerprint density at radius 2 is 1.90 bits per heavy atom. The smallest absolute Gasteiger partial charge is 0.0716 e. The number of rotatable bonds is 4. The van der Waals surface area contributed by atoms with Gasteiger partial charge < -0.3 is 5.32 Å². The Morgan fingerprint density at radius 1 is 1.10 bits per heavy atom. The lowest BCUT2D eigenvalue weighted by molar-refractivity contribution is 0.352. The predicted octanol–water partition coefficient (Wildman–Crippen LogP) is 3.33. The minimum atomic E-state index is 0.349. The fourth-order valence-electron chi connectivity index (χ4n) is 3.33. The minimum Gasteiger partial charge on any atom is -0.304 e. The highest BCUT2D eigenvalue weighted by atomic mass is 28.1. The van der Waals surface area contributed by atoms with Gasteiger partial charge in [0.05, 0.1) is 16.3 Å². The number of benzene rings is 1. The van der Waals surface area contributed by atoms with Crippen molar-refractivity contribution in [1.29, 1.82) is 0 Å². The Morgan fingerprint density at radius 3 is 2.60 bits per heavy atom. The Kier molecular flexibility index (Phi) is 4.53. The van der Waals surface area contributed by atoms with E-state index in [4.69, 9.17) is 0 Å². The van der Waals surface area contributed by atoms with Crippen molar-refractivity contribution >= 4 is 15.4 Å². The molecule has 1 atom stereocenters. The summed E-state index contributed by atoms with van der Waals surface area (Å²) in [6, 6.07) is 9.62.